The van der Waals surface area contributed by atoms with Crippen molar-refractivity contribution >= 4 is 27.3 Å². The van der Waals surface area contributed by atoms with E-state index in [1.165, 1.54) is 24.3 Å². The van der Waals surface area contributed by atoms with Crippen LogP contribution in [-0.4, -0.2) is 14.4 Å². The van der Waals surface area contributed by atoms with E-state index in [1.54, 1.807) is 0 Å². The van der Waals surface area contributed by atoms with Gasteiger partial charge in [0, 0.05) is 5.69 Å². The first kappa shape index (κ1) is 19.7. The van der Waals surface area contributed by atoms with Gasteiger partial charge in [-0.1, -0.05) is 30.4 Å². The minimum absolute atomic E-state index is 0.0135. The van der Waals surface area contributed by atoms with Gasteiger partial charge in [-0.15, -0.1) is 0 Å². The van der Waals surface area contributed by atoms with Crippen molar-refractivity contribution in [3.8, 4) is 0 Å². The molecule has 2 rings (SSSR count). The Balaban J connectivity index is 2.11. The highest BCUT2D eigenvalue weighted by Gasteiger charge is 2.23. The molecule has 2 amide bonds. The molecule has 0 bridgehead atoms. The average Bonchev–Trinajstić information content (AvgIpc) is 2.54. The number of primary sulfonamides is 1. The Hall–Kier alpha value is -2.64. The first-order valence-corrected chi connectivity index (χ1v) is 9.52. The monoisotopic (exact) mass is 373 g/mol. The number of nitrogens with two attached hydrogens (primary N) is 1. The molecule has 138 valence electrons. The highest BCUT2D eigenvalue weighted by atomic mass is 32.2. The minimum Gasteiger partial charge on any atom is -0.329 e. The van der Waals surface area contributed by atoms with Gasteiger partial charge in [-0.3, -0.25) is 0 Å². The van der Waals surface area contributed by atoms with Crippen LogP contribution in [0.5, 0.6) is 0 Å². The number of anilines is 1. The standard InChI is InChI=1S/C19H23N3O3S/c1-13(2)14-6-5-7-15(12-14)19(3,4)22-18(23)21-16-8-10-17(11-9-16)26(20,24)25/h5-12H,1H2,2-4H3,(H2,20,24,25)(H2,21,22,23). The summed E-state index contributed by atoms with van der Waals surface area (Å²) < 4.78 is 22.5. The van der Waals surface area contributed by atoms with Gasteiger partial charge in [0.1, 0.15) is 0 Å². The zero-order chi connectivity index (χ0) is 19.5. The molecule has 0 unspecified atom stereocenters. The second-order valence-corrected chi connectivity index (χ2v) is 8.20. The summed E-state index contributed by atoms with van der Waals surface area (Å²) in [5.41, 5.74) is 2.74. The molecule has 2 aromatic carbocycles. The molecule has 0 heterocycles. The molecule has 7 heteroatoms. The van der Waals surface area contributed by atoms with Gasteiger partial charge in [-0.2, -0.15) is 0 Å². The van der Waals surface area contributed by atoms with Crippen LogP contribution in [0.25, 0.3) is 5.57 Å². The largest absolute Gasteiger partial charge is 0.329 e. The molecule has 0 aliphatic carbocycles. The molecule has 0 aromatic heterocycles. The van der Waals surface area contributed by atoms with Crippen LogP contribution in [-0.2, 0) is 15.6 Å². The van der Waals surface area contributed by atoms with Gasteiger partial charge in [-0.25, -0.2) is 18.4 Å². The molecule has 0 aliphatic rings. The summed E-state index contributed by atoms with van der Waals surface area (Å²) in [7, 11) is -3.76. The topological polar surface area (TPSA) is 101 Å². The zero-order valence-electron chi connectivity index (χ0n) is 15.0. The van der Waals surface area contributed by atoms with E-state index in [0.717, 1.165) is 16.7 Å². The molecule has 0 spiro atoms. The van der Waals surface area contributed by atoms with Crippen molar-refractivity contribution < 1.29 is 13.2 Å². The molecule has 4 N–H and O–H groups in total. The number of amides is 2. The molecule has 2 aromatic rings. The fourth-order valence-electron chi connectivity index (χ4n) is 2.42. The molecule has 0 saturated carbocycles. The third kappa shape index (κ3) is 4.93. The lowest BCUT2D eigenvalue weighted by molar-refractivity contribution is 0.242. The Morgan fingerprint density at radius 2 is 1.73 bits per heavy atom. The van der Waals surface area contributed by atoms with E-state index in [-0.39, 0.29) is 4.90 Å². The van der Waals surface area contributed by atoms with Gasteiger partial charge < -0.3 is 10.6 Å². The number of nitrogens with one attached hydrogen (secondary N) is 2. The summed E-state index contributed by atoms with van der Waals surface area (Å²) in [5.74, 6) is 0. The number of sulfonamides is 1. The second-order valence-electron chi connectivity index (χ2n) is 6.63. The van der Waals surface area contributed by atoms with Crippen LogP contribution in [0.4, 0.5) is 10.5 Å². The molecular weight excluding hydrogens is 350 g/mol. The summed E-state index contributed by atoms with van der Waals surface area (Å²) in [6, 6.07) is 13.1. The van der Waals surface area contributed by atoms with Gasteiger partial charge in [0.15, 0.2) is 0 Å². The molecule has 0 aliphatic heterocycles. The summed E-state index contributed by atoms with van der Waals surface area (Å²) in [4.78, 5) is 12.3. The van der Waals surface area contributed by atoms with E-state index in [2.05, 4.69) is 17.2 Å². The Bertz CT molecular complexity index is 933. The average molecular weight is 373 g/mol. The lowest BCUT2D eigenvalue weighted by atomic mass is 9.92. The van der Waals surface area contributed by atoms with Crippen molar-refractivity contribution in [1.29, 1.82) is 0 Å². The zero-order valence-corrected chi connectivity index (χ0v) is 15.9. The van der Waals surface area contributed by atoms with E-state index < -0.39 is 21.6 Å². The number of allylic oxidation sites excluding steroid dienone is 1. The Morgan fingerprint density at radius 1 is 1.12 bits per heavy atom. The van der Waals surface area contributed by atoms with Crippen molar-refractivity contribution in [3.63, 3.8) is 0 Å². The predicted molar refractivity (Wildman–Crippen MR) is 104 cm³/mol. The normalized spacial score (nSPS) is 11.7. The number of rotatable bonds is 5. The lowest BCUT2D eigenvalue weighted by Gasteiger charge is -2.27. The number of hydrogen-bond donors (Lipinski definition) is 3. The Labute approximate surface area is 154 Å². The fourth-order valence-corrected chi connectivity index (χ4v) is 2.94. The van der Waals surface area contributed by atoms with E-state index in [9.17, 15) is 13.2 Å². The minimum atomic E-state index is -3.76. The first-order valence-electron chi connectivity index (χ1n) is 7.97. The smallest absolute Gasteiger partial charge is 0.319 e. The fraction of sp³-hybridized carbons (Fsp3) is 0.211. The summed E-state index contributed by atoms with van der Waals surface area (Å²) >= 11 is 0. The third-order valence-corrected chi connectivity index (χ3v) is 4.87. The number of carbonyl (C=O) groups excluding carboxylic acids is 1. The molecule has 26 heavy (non-hydrogen) atoms. The van der Waals surface area contributed by atoms with Gasteiger partial charge in [0.2, 0.25) is 10.0 Å². The lowest BCUT2D eigenvalue weighted by Crippen LogP contribution is -2.43. The maximum Gasteiger partial charge on any atom is 0.319 e. The van der Waals surface area contributed by atoms with Crippen molar-refractivity contribution in [1.82, 2.24) is 5.32 Å². The molecule has 0 atom stereocenters. The van der Waals surface area contributed by atoms with Crippen LogP contribution in [0.2, 0.25) is 0 Å². The molecule has 0 fully saturated rings. The second kappa shape index (κ2) is 7.31. The van der Waals surface area contributed by atoms with Crippen LogP contribution in [0.15, 0.2) is 60.0 Å². The van der Waals surface area contributed by atoms with Gasteiger partial charge in [-0.05, 0) is 62.2 Å². The maximum atomic E-state index is 12.3. The number of benzene rings is 2. The number of hydrogen-bond acceptors (Lipinski definition) is 3. The van der Waals surface area contributed by atoms with Crippen molar-refractivity contribution in [2.75, 3.05) is 5.32 Å². The van der Waals surface area contributed by atoms with E-state index in [1.807, 2.05) is 45.0 Å². The van der Waals surface area contributed by atoms with E-state index >= 15 is 0 Å². The van der Waals surface area contributed by atoms with Gasteiger partial charge in [0.05, 0.1) is 10.4 Å². The van der Waals surface area contributed by atoms with Crippen molar-refractivity contribution in [2.45, 2.75) is 31.2 Å². The Kier molecular flexibility index (Phi) is 5.53. The van der Waals surface area contributed by atoms with Gasteiger partial charge in [0.25, 0.3) is 0 Å². The number of urea groups is 1. The highest BCUT2D eigenvalue weighted by molar-refractivity contribution is 7.89. The maximum absolute atomic E-state index is 12.3. The quantitative estimate of drug-likeness (QED) is 0.748. The van der Waals surface area contributed by atoms with Crippen molar-refractivity contribution in [2.24, 2.45) is 5.14 Å². The van der Waals surface area contributed by atoms with E-state index in [4.69, 9.17) is 5.14 Å². The summed E-state index contributed by atoms with van der Waals surface area (Å²) in [6.45, 7) is 9.66. The molecule has 6 nitrogen and oxygen atoms in total. The van der Waals surface area contributed by atoms with Crippen LogP contribution >= 0.6 is 0 Å². The predicted octanol–water partition coefficient (Wildman–Crippen LogP) is 3.42. The van der Waals surface area contributed by atoms with Crippen molar-refractivity contribution in [3.05, 3.63) is 66.2 Å². The van der Waals surface area contributed by atoms with Crippen LogP contribution < -0.4 is 15.8 Å². The van der Waals surface area contributed by atoms with E-state index in [0.29, 0.717) is 5.69 Å². The molecule has 0 radical (unpaired) electrons. The Morgan fingerprint density at radius 3 is 2.27 bits per heavy atom. The van der Waals surface area contributed by atoms with Crippen LogP contribution in [0.1, 0.15) is 31.9 Å². The van der Waals surface area contributed by atoms with Crippen LogP contribution in [0, 0.1) is 0 Å². The first-order chi connectivity index (χ1) is 12.0. The summed E-state index contributed by atoms with van der Waals surface area (Å²) in [6.07, 6.45) is 0. The van der Waals surface area contributed by atoms with Crippen LogP contribution in [0.3, 0.4) is 0 Å². The SMILES string of the molecule is C=C(C)c1cccc(C(C)(C)NC(=O)Nc2ccc(S(N)(=O)=O)cc2)c1. The third-order valence-electron chi connectivity index (χ3n) is 3.94. The number of carbonyl (C=O) groups is 1. The van der Waals surface area contributed by atoms with Gasteiger partial charge >= 0.3 is 6.03 Å². The highest BCUT2D eigenvalue weighted by Crippen LogP contribution is 2.24. The molecular formula is C19H23N3O3S. The molecule has 0 saturated heterocycles. The summed E-state index contributed by atoms with van der Waals surface area (Å²) in [5, 5.41) is 10.6.